The van der Waals surface area contributed by atoms with E-state index in [1.807, 2.05) is 0 Å². The lowest BCUT2D eigenvalue weighted by Crippen LogP contribution is -2.15. The number of para-hydroxylation sites is 2. The first kappa shape index (κ1) is 25.4. The molecule has 0 aliphatic heterocycles. The number of aromatic amines is 2. The zero-order valence-corrected chi connectivity index (χ0v) is 25.5. The van der Waals surface area contributed by atoms with Gasteiger partial charge >= 0.3 is 0 Å². The average Bonchev–Trinajstić information content (AvgIpc) is 3.74. The maximum absolute atomic E-state index is 3.67. The smallest absolute Gasteiger partial charge is 0.0512 e. The van der Waals surface area contributed by atoms with Gasteiger partial charge in [0, 0.05) is 43.4 Å². The summed E-state index contributed by atoms with van der Waals surface area (Å²) < 4.78 is 0. The van der Waals surface area contributed by atoms with Crippen LogP contribution in [-0.4, -0.2) is 9.97 Å². The molecule has 2 aliphatic carbocycles. The number of rotatable bonds is 0. The van der Waals surface area contributed by atoms with Gasteiger partial charge in [-0.15, -0.1) is 0 Å². The molecule has 0 fully saturated rings. The van der Waals surface area contributed by atoms with Crippen molar-refractivity contribution in [2.24, 2.45) is 0 Å². The largest absolute Gasteiger partial charge is 0.354 e. The molecular weight excluding hydrogens is 532 g/mol. The Kier molecular flexibility index (Phi) is 5.05. The molecule has 0 bridgehead atoms. The Labute approximate surface area is 257 Å². The van der Waals surface area contributed by atoms with E-state index < -0.39 is 0 Å². The van der Waals surface area contributed by atoms with E-state index in [4.69, 9.17) is 0 Å². The third-order valence-electron chi connectivity index (χ3n) is 10.4. The molecular formula is C42H34N2. The van der Waals surface area contributed by atoms with Gasteiger partial charge in [0.1, 0.15) is 0 Å². The van der Waals surface area contributed by atoms with Crippen LogP contribution in [0.25, 0.3) is 65.9 Å². The van der Waals surface area contributed by atoms with Crippen molar-refractivity contribution in [2.75, 3.05) is 0 Å². The minimum absolute atomic E-state index is 0.0340. The summed E-state index contributed by atoms with van der Waals surface area (Å²) in [6, 6.07) is 43.9. The van der Waals surface area contributed by atoms with Gasteiger partial charge in [0.25, 0.3) is 0 Å². The lowest BCUT2D eigenvalue weighted by atomic mass is 9.81. The molecule has 0 unspecified atom stereocenters. The molecule has 0 atom stereocenters. The van der Waals surface area contributed by atoms with Crippen LogP contribution in [-0.2, 0) is 10.8 Å². The van der Waals surface area contributed by atoms with Gasteiger partial charge in [-0.2, -0.15) is 0 Å². The molecule has 0 saturated carbocycles. The highest BCUT2D eigenvalue weighted by atomic mass is 14.7. The first-order valence-electron chi connectivity index (χ1n) is 15.6. The van der Waals surface area contributed by atoms with E-state index in [0.29, 0.717) is 0 Å². The highest BCUT2D eigenvalue weighted by molar-refractivity contribution is 6.12. The minimum atomic E-state index is 0.0340. The Balaban J connectivity index is 0.000000123. The fourth-order valence-corrected chi connectivity index (χ4v) is 8.38. The van der Waals surface area contributed by atoms with Gasteiger partial charge in [-0.25, -0.2) is 0 Å². The summed E-state index contributed by atoms with van der Waals surface area (Å²) in [5.41, 5.74) is 16.3. The molecule has 2 aliphatic rings. The van der Waals surface area contributed by atoms with Crippen molar-refractivity contribution < 1.29 is 0 Å². The lowest BCUT2D eigenvalue weighted by Gasteiger charge is -2.22. The molecule has 2 heteroatoms. The molecule has 0 saturated heterocycles. The van der Waals surface area contributed by atoms with Crippen LogP contribution in [0.1, 0.15) is 49.9 Å². The molecule has 8 aromatic rings. The van der Waals surface area contributed by atoms with Gasteiger partial charge in [-0.1, -0.05) is 137 Å². The van der Waals surface area contributed by atoms with Gasteiger partial charge in [0.2, 0.25) is 0 Å². The van der Waals surface area contributed by atoms with Crippen LogP contribution in [0.15, 0.2) is 121 Å². The van der Waals surface area contributed by atoms with Crippen LogP contribution in [0, 0.1) is 0 Å². The monoisotopic (exact) mass is 566 g/mol. The summed E-state index contributed by atoms with van der Waals surface area (Å²) in [6.07, 6.45) is 0. The highest BCUT2D eigenvalue weighted by Gasteiger charge is 2.38. The maximum atomic E-state index is 3.67. The van der Waals surface area contributed by atoms with Gasteiger partial charge < -0.3 is 9.97 Å². The second-order valence-corrected chi connectivity index (χ2v) is 13.5. The standard InChI is InChI=1S/2C21H17N/c2*1-21(2)17-9-5-3-7-13(17)15-11-12-16-14-8-4-6-10-18(14)22-20(16)19(15)21/h2*3-12,22H,1-2H3. The lowest BCUT2D eigenvalue weighted by molar-refractivity contribution is 0.665. The van der Waals surface area contributed by atoms with Crippen molar-refractivity contribution in [1.29, 1.82) is 0 Å². The number of aromatic nitrogens is 2. The first-order valence-corrected chi connectivity index (χ1v) is 15.6. The van der Waals surface area contributed by atoms with E-state index in [9.17, 15) is 0 Å². The van der Waals surface area contributed by atoms with Crippen molar-refractivity contribution in [3.05, 3.63) is 144 Å². The molecule has 2 heterocycles. The summed E-state index contributed by atoms with van der Waals surface area (Å²) in [4.78, 5) is 7.34. The Morgan fingerprint density at radius 2 is 0.750 bits per heavy atom. The SMILES string of the molecule is CC1(C)c2ccccc2-c2ccc3c([nH]c4ccccc43)c21.CC1(C)c2ccccc2-c2ccc3c([nH]c4ccccc43)c21. The Hall–Kier alpha value is -5.08. The van der Waals surface area contributed by atoms with E-state index in [-0.39, 0.29) is 10.8 Å². The predicted octanol–water partition coefficient (Wildman–Crippen LogP) is 11.3. The molecule has 2 nitrogen and oxygen atoms in total. The normalized spacial score (nSPS) is 15.2. The summed E-state index contributed by atoms with van der Waals surface area (Å²) in [7, 11) is 0. The van der Waals surface area contributed by atoms with Gasteiger partial charge in [0.05, 0.1) is 11.0 Å². The molecule has 0 spiro atoms. The minimum Gasteiger partial charge on any atom is -0.354 e. The van der Waals surface area contributed by atoms with Gasteiger partial charge in [0.15, 0.2) is 0 Å². The number of benzene rings is 6. The van der Waals surface area contributed by atoms with Crippen LogP contribution < -0.4 is 0 Å². The third-order valence-corrected chi connectivity index (χ3v) is 10.4. The van der Waals surface area contributed by atoms with E-state index >= 15 is 0 Å². The summed E-state index contributed by atoms with van der Waals surface area (Å²) in [6.45, 7) is 9.34. The highest BCUT2D eigenvalue weighted by Crippen LogP contribution is 2.53. The van der Waals surface area contributed by atoms with Crippen LogP contribution in [0.4, 0.5) is 0 Å². The van der Waals surface area contributed by atoms with Crippen molar-refractivity contribution in [3.8, 4) is 22.3 Å². The van der Waals surface area contributed by atoms with Crippen molar-refractivity contribution in [1.82, 2.24) is 9.97 Å². The van der Waals surface area contributed by atoms with Gasteiger partial charge in [-0.3, -0.25) is 0 Å². The molecule has 2 aromatic heterocycles. The van der Waals surface area contributed by atoms with E-state index in [2.05, 4.69) is 159 Å². The van der Waals surface area contributed by atoms with Crippen molar-refractivity contribution >= 4 is 43.6 Å². The maximum Gasteiger partial charge on any atom is 0.0512 e. The molecule has 10 rings (SSSR count). The number of fused-ring (bicyclic) bond motifs is 14. The number of hydrogen-bond acceptors (Lipinski definition) is 0. The second-order valence-electron chi connectivity index (χ2n) is 13.5. The Bertz CT molecular complexity index is 2270. The molecule has 0 amide bonds. The zero-order chi connectivity index (χ0) is 29.8. The van der Waals surface area contributed by atoms with Crippen molar-refractivity contribution in [3.63, 3.8) is 0 Å². The fraction of sp³-hybridized carbons (Fsp3) is 0.143. The van der Waals surface area contributed by atoms with Crippen LogP contribution in [0.5, 0.6) is 0 Å². The summed E-state index contributed by atoms with van der Waals surface area (Å²) >= 11 is 0. The fourth-order valence-electron chi connectivity index (χ4n) is 8.38. The average molecular weight is 567 g/mol. The topological polar surface area (TPSA) is 31.6 Å². The van der Waals surface area contributed by atoms with Crippen LogP contribution in [0.3, 0.4) is 0 Å². The summed E-state index contributed by atoms with van der Waals surface area (Å²) in [5, 5.41) is 5.28. The first-order chi connectivity index (χ1) is 21.4. The van der Waals surface area contributed by atoms with Gasteiger partial charge in [-0.05, 0) is 56.6 Å². The predicted molar refractivity (Wildman–Crippen MR) is 187 cm³/mol. The Morgan fingerprint density at radius 1 is 0.364 bits per heavy atom. The molecule has 6 aromatic carbocycles. The number of hydrogen-bond donors (Lipinski definition) is 2. The van der Waals surface area contributed by atoms with Crippen LogP contribution in [0.2, 0.25) is 0 Å². The number of nitrogens with one attached hydrogen (secondary N) is 2. The number of H-pyrrole nitrogens is 2. The second kappa shape index (κ2) is 8.74. The zero-order valence-electron chi connectivity index (χ0n) is 25.5. The summed E-state index contributed by atoms with van der Waals surface area (Å²) in [5.74, 6) is 0. The van der Waals surface area contributed by atoms with Crippen LogP contribution >= 0.6 is 0 Å². The van der Waals surface area contributed by atoms with E-state index in [1.54, 1.807) is 0 Å². The van der Waals surface area contributed by atoms with Crippen molar-refractivity contribution in [2.45, 2.75) is 38.5 Å². The molecule has 2 N–H and O–H groups in total. The molecule has 0 radical (unpaired) electrons. The molecule has 44 heavy (non-hydrogen) atoms. The third kappa shape index (κ3) is 3.26. The van der Waals surface area contributed by atoms with E-state index in [1.165, 1.54) is 88.1 Å². The quantitative estimate of drug-likeness (QED) is 0.183. The van der Waals surface area contributed by atoms with E-state index in [0.717, 1.165) is 0 Å². The molecule has 212 valence electrons. The Morgan fingerprint density at radius 3 is 1.20 bits per heavy atom.